The van der Waals surface area contributed by atoms with Crippen molar-refractivity contribution in [2.24, 2.45) is 4.99 Å². The van der Waals surface area contributed by atoms with Crippen LogP contribution in [0.5, 0.6) is 0 Å². The predicted molar refractivity (Wildman–Crippen MR) is 57.7 cm³/mol. The fraction of sp³-hybridized carbons (Fsp3) is 0.625. The van der Waals surface area contributed by atoms with Gasteiger partial charge >= 0.3 is 0 Å². The topological polar surface area (TPSA) is 46.5 Å². The van der Waals surface area contributed by atoms with Gasteiger partial charge < -0.3 is 0 Å². The van der Waals surface area contributed by atoms with Crippen molar-refractivity contribution >= 4 is 26.6 Å². The molecule has 1 heterocycles. The fourth-order valence-corrected chi connectivity index (χ4v) is 2.54. The zero-order valence-corrected chi connectivity index (χ0v) is 9.58. The molecule has 0 bridgehead atoms. The summed E-state index contributed by atoms with van der Waals surface area (Å²) in [5, 5.41) is 1.98. The Balaban J connectivity index is 2.67. The van der Waals surface area contributed by atoms with Crippen LogP contribution in [0.1, 0.15) is 20.8 Å². The largest absolute Gasteiger partial charge is 0.244 e. The van der Waals surface area contributed by atoms with Gasteiger partial charge in [-0.2, -0.15) is 11.8 Å². The number of hydrogen-bond donors (Lipinski definition) is 0. The Bertz CT molecular complexity index is 352. The molecule has 0 aromatic carbocycles. The van der Waals surface area contributed by atoms with Gasteiger partial charge in [0.2, 0.25) is 9.84 Å². The minimum atomic E-state index is -3.15. The zero-order valence-electron chi connectivity index (χ0n) is 7.94. The molecule has 5 heteroatoms. The first-order valence-corrected chi connectivity index (χ1v) is 6.64. The Morgan fingerprint density at radius 2 is 2.15 bits per heavy atom. The van der Waals surface area contributed by atoms with Crippen molar-refractivity contribution in [1.82, 2.24) is 0 Å². The minimum Gasteiger partial charge on any atom is -0.244 e. The van der Waals surface area contributed by atoms with E-state index in [4.69, 9.17) is 0 Å². The highest BCUT2D eigenvalue weighted by Crippen LogP contribution is 2.20. The van der Waals surface area contributed by atoms with E-state index in [9.17, 15) is 8.42 Å². The lowest BCUT2D eigenvalue weighted by Crippen LogP contribution is -2.01. The van der Waals surface area contributed by atoms with Crippen molar-refractivity contribution in [3.05, 3.63) is 11.1 Å². The summed E-state index contributed by atoms with van der Waals surface area (Å²) < 4.78 is 22.4. The van der Waals surface area contributed by atoms with Gasteiger partial charge in [-0.25, -0.2) is 13.4 Å². The quantitative estimate of drug-likeness (QED) is 0.727. The molecule has 0 radical (unpaired) electrons. The van der Waals surface area contributed by atoms with Crippen LogP contribution in [0.25, 0.3) is 0 Å². The van der Waals surface area contributed by atoms with E-state index in [0.717, 1.165) is 0 Å². The summed E-state index contributed by atoms with van der Waals surface area (Å²) in [6.07, 6.45) is 0. The van der Waals surface area contributed by atoms with Crippen molar-refractivity contribution in [2.75, 3.05) is 5.75 Å². The average Bonchev–Trinajstić information content (AvgIpc) is 2.22. The molecular formula is C8H13NO2S2. The van der Waals surface area contributed by atoms with Gasteiger partial charge in [-0.1, -0.05) is 13.8 Å². The van der Waals surface area contributed by atoms with Crippen LogP contribution >= 0.6 is 11.8 Å². The summed E-state index contributed by atoms with van der Waals surface area (Å²) in [6, 6.07) is 0. The van der Waals surface area contributed by atoms with Crippen molar-refractivity contribution < 1.29 is 8.42 Å². The van der Waals surface area contributed by atoms with E-state index in [1.54, 1.807) is 11.8 Å². The second-order valence-corrected chi connectivity index (χ2v) is 6.63. The molecule has 0 saturated carbocycles. The first kappa shape index (κ1) is 10.8. The van der Waals surface area contributed by atoms with E-state index in [-0.39, 0.29) is 5.04 Å². The third kappa shape index (κ3) is 2.84. The molecule has 3 nitrogen and oxygen atoms in total. The Morgan fingerprint density at radius 1 is 1.54 bits per heavy atom. The maximum atomic E-state index is 11.2. The average molecular weight is 219 g/mol. The van der Waals surface area contributed by atoms with Gasteiger partial charge in [-0.15, -0.1) is 0 Å². The summed E-state index contributed by atoms with van der Waals surface area (Å²) in [6.45, 7) is 5.68. The third-order valence-corrected chi connectivity index (χ3v) is 4.19. The Kier molecular flexibility index (Phi) is 3.18. The van der Waals surface area contributed by atoms with Gasteiger partial charge in [-0.05, 0) is 12.2 Å². The van der Waals surface area contributed by atoms with Gasteiger partial charge in [-0.3, -0.25) is 0 Å². The Hall–Kier alpha value is -0.290. The predicted octanol–water partition coefficient (Wildman–Crippen LogP) is 1.82. The van der Waals surface area contributed by atoms with Crippen LogP contribution in [0.3, 0.4) is 0 Å². The number of hydrogen-bond acceptors (Lipinski definition) is 4. The molecule has 0 atom stereocenters. The number of sulfone groups is 1. The van der Waals surface area contributed by atoms with Crippen LogP contribution in [0.2, 0.25) is 0 Å². The normalized spacial score (nSPS) is 20.3. The highest BCUT2D eigenvalue weighted by molar-refractivity contribution is 8.09. The van der Waals surface area contributed by atoms with Gasteiger partial charge in [0.15, 0.2) is 0 Å². The smallest absolute Gasteiger partial charge is 0.214 e. The molecular weight excluding hydrogens is 206 g/mol. The first-order chi connectivity index (χ1) is 5.92. The molecule has 1 rings (SSSR count). The van der Waals surface area contributed by atoms with E-state index >= 15 is 0 Å². The highest BCUT2D eigenvalue weighted by atomic mass is 32.2. The maximum Gasteiger partial charge on any atom is 0.214 e. The van der Waals surface area contributed by atoms with Crippen LogP contribution in [0, 0.1) is 0 Å². The lowest BCUT2D eigenvalue weighted by molar-refractivity contribution is 0.615. The van der Waals surface area contributed by atoms with E-state index in [1.807, 2.05) is 0 Å². The maximum absolute atomic E-state index is 11.2. The van der Waals surface area contributed by atoms with Crippen molar-refractivity contribution in [1.29, 1.82) is 0 Å². The van der Waals surface area contributed by atoms with Gasteiger partial charge in [0.25, 0.3) is 0 Å². The van der Waals surface area contributed by atoms with Crippen LogP contribution in [-0.2, 0) is 9.84 Å². The molecule has 0 saturated heterocycles. The van der Waals surface area contributed by atoms with Crippen molar-refractivity contribution in [3.8, 4) is 0 Å². The highest BCUT2D eigenvalue weighted by Gasteiger charge is 2.20. The zero-order chi connectivity index (χ0) is 10.1. The van der Waals surface area contributed by atoms with Crippen LogP contribution < -0.4 is 0 Å². The molecule has 0 aromatic heterocycles. The molecule has 1 aliphatic heterocycles. The standard InChI is InChI=1S/C8H13NO2S2/c1-6(2)12-4-8-5-13(10,11)7(3)9-8/h5-6H,4H2,1-3H3. The van der Waals surface area contributed by atoms with Gasteiger partial charge in [0.05, 0.1) is 11.1 Å². The molecule has 0 spiro atoms. The summed E-state index contributed by atoms with van der Waals surface area (Å²) in [5.74, 6) is 0.675. The summed E-state index contributed by atoms with van der Waals surface area (Å²) >= 11 is 1.69. The van der Waals surface area contributed by atoms with Gasteiger partial charge in [0, 0.05) is 5.75 Å². The second-order valence-electron chi connectivity index (χ2n) is 3.14. The fourth-order valence-electron chi connectivity index (χ4n) is 0.875. The molecule has 0 unspecified atom stereocenters. The molecule has 13 heavy (non-hydrogen) atoms. The summed E-state index contributed by atoms with van der Waals surface area (Å²) in [7, 11) is -3.15. The molecule has 0 amide bonds. The molecule has 0 aliphatic carbocycles. The molecule has 1 aliphatic rings. The number of aliphatic imine (C=N–C) groups is 1. The van der Waals surface area contributed by atoms with E-state index in [1.165, 1.54) is 12.3 Å². The van der Waals surface area contributed by atoms with Crippen LogP contribution in [0.4, 0.5) is 0 Å². The Morgan fingerprint density at radius 3 is 2.54 bits per heavy atom. The van der Waals surface area contributed by atoms with E-state index in [2.05, 4.69) is 18.8 Å². The van der Waals surface area contributed by atoms with E-state index in [0.29, 0.717) is 16.7 Å². The summed E-state index contributed by atoms with van der Waals surface area (Å²) in [4.78, 5) is 3.98. The van der Waals surface area contributed by atoms with Crippen LogP contribution in [0.15, 0.2) is 16.1 Å². The van der Waals surface area contributed by atoms with Crippen molar-refractivity contribution in [3.63, 3.8) is 0 Å². The first-order valence-electron chi connectivity index (χ1n) is 4.04. The molecule has 0 N–H and O–H groups in total. The number of nitrogens with zero attached hydrogens (tertiary/aromatic N) is 1. The van der Waals surface area contributed by atoms with E-state index < -0.39 is 9.84 Å². The third-order valence-electron chi connectivity index (χ3n) is 1.57. The minimum absolute atomic E-state index is 0.215. The molecule has 74 valence electrons. The second kappa shape index (κ2) is 3.84. The molecule has 0 fully saturated rings. The monoisotopic (exact) mass is 219 g/mol. The lowest BCUT2D eigenvalue weighted by Gasteiger charge is -2.01. The number of rotatable bonds is 3. The van der Waals surface area contributed by atoms with Gasteiger partial charge in [0.1, 0.15) is 5.04 Å². The SMILES string of the molecule is CC1=NC(CSC(C)C)=CS1(=O)=O. The Labute approximate surface area is 83.2 Å². The molecule has 0 aromatic rings. The lowest BCUT2D eigenvalue weighted by atomic mass is 10.6. The van der Waals surface area contributed by atoms with Crippen molar-refractivity contribution in [2.45, 2.75) is 26.0 Å². The number of thioether (sulfide) groups is 1. The summed E-state index contributed by atoms with van der Waals surface area (Å²) in [5.41, 5.74) is 0.663. The van der Waals surface area contributed by atoms with Crippen LogP contribution in [-0.4, -0.2) is 24.5 Å².